The van der Waals surface area contributed by atoms with Gasteiger partial charge in [-0.1, -0.05) is 18.5 Å². The number of carbonyl (C=O) groups excluding carboxylic acids is 1. The third kappa shape index (κ3) is 3.79. The summed E-state index contributed by atoms with van der Waals surface area (Å²) in [5, 5.41) is 11.8. The van der Waals surface area contributed by atoms with Crippen molar-refractivity contribution in [3.05, 3.63) is 58.4 Å². The number of rotatable bonds is 4. The molecule has 2 aromatic rings. The quantitative estimate of drug-likeness (QED) is 0.850. The molecular weight excluding hydrogens is 292 g/mol. The van der Waals surface area contributed by atoms with Crippen molar-refractivity contribution < 1.29 is 14.7 Å². The number of aryl methyl sites for hydroxylation is 1. The fourth-order valence-corrected chi connectivity index (χ4v) is 1.99. The minimum absolute atomic E-state index is 0.160. The van der Waals surface area contributed by atoms with Crippen LogP contribution in [0.2, 0.25) is 5.15 Å². The zero-order valence-electron chi connectivity index (χ0n) is 11.3. The molecule has 0 aliphatic heterocycles. The van der Waals surface area contributed by atoms with E-state index >= 15 is 0 Å². The maximum absolute atomic E-state index is 12.1. The topological polar surface area (TPSA) is 79.3 Å². The standard InChI is InChI=1S/C15H13ClN2O3/c1-2-11-7-10(8-13(16)17-11)14(19)18-12-5-3-9(4-6-12)15(20)21/h3-8H,2H2,1H3,(H,18,19)(H,20,21). The number of benzene rings is 1. The number of nitrogens with zero attached hydrogens (tertiary/aromatic N) is 1. The van der Waals surface area contributed by atoms with Crippen LogP contribution in [0.4, 0.5) is 5.69 Å². The van der Waals surface area contributed by atoms with Crippen molar-refractivity contribution in [3.63, 3.8) is 0 Å². The highest BCUT2D eigenvalue weighted by molar-refractivity contribution is 6.29. The van der Waals surface area contributed by atoms with Crippen molar-refractivity contribution in [2.24, 2.45) is 0 Å². The maximum atomic E-state index is 12.1. The highest BCUT2D eigenvalue weighted by Gasteiger charge is 2.10. The number of aromatic carboxylic acids is 1. The molecule has 0 saturated carbocycles. The van der Waals surface area contributed by atoms with Gasteiger partial charge < -0.3 is 10.4 Å². The number of hydrogen-bond donors (Lipinski definition) is 2. The van der Waals surface area contributed by atoms with Gasteiger partial charge in [0.2, 0.25) is 0 Å². The Balaban J connectivity index is 2.17. The molecule has 2 rings (SSSR count). The molecule has 0 radical (unpaired) electrons. The van der Waals surface area contributed by atoms with Gasteiger partial charge in [-0.3, -0.25) is 4.79 Å². The SMILES string of the molecule is CCc1cc(C(=O)Nc2ccc(C(=O)O)cc2)cc(Cl)n1. The fourth-order valence-electron chi connectivity index (χ4n) is 1.76. The van der Waals surface area contributed by atoms with Crippen molar-refractivity contribution >= 4 is 29.2 Å². The van der Waals surface area contributed by atoms with Crippen LogP contribution in [0.5, 0.6) is 0 Å². The van der Waals surface area contributed by atoms with E-state index in [4.69, 9.17) is 16.7 Å². The molecule has 0 unspecified atom stereocenters. The summed E-state index contributed by atoms with van der Waals surface area (Å²) in [5.41, 5.74) is 1.81. The van der Waals surface area contributed by atoms with Crippen LogP contribution in [0.1, 0.15) is 33.3 Å². The summed E-state index contributed by atoms with van der Waals surface area (Å²) in [5.74, 6) is -1.33. The number of carboxylic acids is 1. The molecule has 2 N–H and O–H groups in total. The summed E-state index contributed by atoms with van der Waals surface area (Å²) in [6.45, 7) is 1.92. The molecule has 1 amide bonds. The van der Waals surface area contributed by atoms with Gasteiger partial charge in [0, 0.05) is 16.9 Å². The van der Waals surface area contributed by atoms with E-state index in [1.54, 1.807) is 6.07 Å². The lowest BCUT2D eigenvalue weighted by Crippen LogP contribution is -2.13. The smallest absolute Gasteiger partial charge is 0.335 e. The minimum atomic E-state index is -1.01. The fraction of sp³-hybridized carbons (Fsp3) is 0.133. The number of hydrogen-bond acceptors (Lipinski definition) is 3. The molecule has 5 nitrogen and oxygen atoms in total. The Bertz CT molecular complexity index is 684. The van der Waals surface area contributed by atoms with E-state index < -0.39 is 5.97 Å². The molecule has 0 spiro atoms. The van der Waals surface area contributed by atoms with E-state index in [0.717, 1.165) is 5.69 Å². The van der Waals surface area contributed by atoms with Gasteiger partial charge in [0.25, 0.3) is 5.91 Å². The Morgan fingerprint density at radius 2 is 1.86 bits per heavy atom. The lowest BCUT2D eigenvalue weighted by molar-refractivity contribution is 0.0696. The van der Waals surface area contributed by atoms with Crippen LogP contribution in [0.3, 0.4) is 0 Å². The second-order valence-corrected chi connectivity index (χ2v) is 4.75. The first-order valence-electron chi connectivity index (χ1n) is 6.30. The normalized spacial score (nSPS) is 10.2. The van der Waals surface area contributed by atoms with Crippen molar-refractivity contribution in [2.75, 3.05) is 5.32 Å². The van der Waals surface area contributed by atoms with E-state index in [0.29, 0.717) is 17.7 Å². The first-order chi connectivity index (χ1) is 9.99. The van der Waals surface area contributed by atoms with E-state index in [-0.39, 0.29) is 16.6 Å². The highest BCUT2D eigenvalue weighted by Crippen LogP contribution is 2.15. The van der Waals surface area contributed by atoms with E-state index in [2.05, 4.69) is 10.3 Å². The third-order valence-corrected chi connectivity index (χ3v) is 3.05. The molecule has 1 heterocycles. The predicted octanol–water partition coefficient (Wildman–Crippen LogP) is 3.25. The summed E-state index contributed by atoms with van der Waals surface area (Å²) >= 11 is 5.88. The summed E-state index contributed by atoms with van der Waals surface area (Å²) < 4.78 is 0. The second kappa shape index (κ2) is 6.37. The number of pyridine rings is 1. The lowest BCUT2D eigenvalue weighted by Gasteiger charge is -2.07. The van der Waals surface area contributed by atoms with Crippen LogP contribution in [0.15, 0.2) is 36.4 Å². The van der Waals surface area contributed by atoms with E-state index in [1.807, 2.05) is 6.92 Å². The number of halogens is 1. The molecular formula is C15H13ClN2O3. The third-order valence-electron chi connectivity index (χ3n) is 2.86. The molecule has 0 saturated heterocycles. The number of carboxylic acid groups (broad SMARTS) is 1. The van der Waals surface area contributed by atoms with Crippen molar-refractivity contribution in [1.29, 1.82) is 0 Å². The average Bonchev–Trinajstić information content (AvgIpc) is 2.47. The van der Waals surface area contributed by atoms with E-state index in [9.17, 15) is 9.59 Å². The number of nitrogens with one attached hydrogen (secondary N) is 1. The molecule has 0 atom stereocenters. The summed E-state index contributed by atoms with van der Waals surface area (Å²) in [6, 6.07) is 9.08. The first-order valence-corrected chi connectivity index (χ1v) is 6.68. The molecule has 1 aromatic heterocycles. The van der Waals surface area contributed by atoms with Gasteiger partial charge in [-0.15, -0.1) is 0 Å². The van der Waals surface area contributed by atoms with Gasteiger partial charge in [0.1, 0.15) is 5.15 Å². The van der Waals surface area contributed by atoms with Gasteiger partial charge in [0.05, 0.1) is 5.56 Å². The van der Waals surface area contributed by atoms with Gasteiger partial charge in [0.15, 0.2) is 0 Å². The summed E-state index contributed by atoms with van der Waals surface area (Å²) in [6.07, 6.45) is 0.675. The Kier molecular flexibility index (Phi) is 4.55. The van der Waals surface area contributed by atoms with Crippen LogP contribution in [0, 0.1) is 0 Å². The van der Waals surface area contributed by atoms with Gasteiger partial charge >= 0.3 is 5.97 Å². The number of anilines is 1. The van der Waals surface area contributed by atoms with Crippen molar-refractivity contribution in [2.45, 2.75) is 13.3 Å². The summed E-state index contributed by atoms with van der Waals surface area (Å²) in [7, 11) is 0. The Morgan fingerprint density at radius 1 is 1.19 bits per heavy atom. The predicted molar refractivity (Wildman–Crippen MR) is 80.0 cm³/mol. The Morgan fingerprint density at radius 3 is 2.43 bits per heavy atom. The molecule has 108 valence electrons. The zero-order valence-corrected chi connectivity index (χ0v) is 12.0. The Labute approximate surface area is 126 Å². The molecule has 1 aromatic carbocycles. The van der Waals surface area contributed by atoms with Crippen LogP contribution in [0.25, 0.3) is 0 Å². The van der Waals surface area contributed by atoms with Gasteiger partial charge in [-0.05, 0) is 42.8 Å². The molecule has 0 fully saturated rings. The monoisotopic (exact) mass is 304 g/mol. The van der Waals surface area contributed by atoms with Crippen LogP contribution in [-0.4, -0.2) is 22.0 Å². The van der Waals surface area contributed by atoms with Crippen molar-refractivity contribution in [3.8, 4) is 0 Å². The Hall–Kier alpha value is -2.40. The molecule has 0 aliphatic carbocycles. The van der Waals surface area contributed by atoms with Crippen molar-refractivity contribution in [1.82, 2.24) is 4.98 Å². The maximum Gasteiger partial charge on any atom is 0.335 e. The molecule has 21 heavy (non-hydrogen) atoms. The van der Waals surface area contributed by atoms with Crippen LogP contribution in [-0.2, 0) is 6.42 Å². The van der Waals surface area contributed by atoms with E-state index in [1.165, 1.54) is 30.3 Å². The van der Waals surface area contributed by atoms with Gasteiger partial charge in [-0.25, -0.2) is 9.78 Å². The minimum Gasteiger partial charge on any atom is -0.478 e. The number of amides is 1. The number of aromatic nitrogens is 1. The van der Waals surface area contributed by atoms with Crippen LogP contribution >= 0.6 is 11.6 Å². The molecule has 0 bridgehead atoms. The second-order valence-electron chi connectivity index (χ2n) is 4.36. The number of carbonyl (C=O) groups is 2. The molecule has 6 heteroatoms. The van der Waals surface area contributed by atoms with Crippen LogP contribution < -0.4 is 5.32 Å². The zero-order chi connectivity index (χ0) is 15.4. The largest absolute Gasteiger partial charge is 0.478 e. The van der Waals surface area contributed by atoms with Gasteiger partial charge in [-0.2, -0.15) is 0 Å². The highest BCUT2D eigenvalue weighted by atomic mass is 35.5. The molecule has 0 aliphatic rings. The first kappa shape index (κ1) is 15.0. The summed E-state index contributed by atoms with van der Waals surface area (Å²) in [4.78, 5) is 27.0. The average molecular weight is 305 g/mol. The lowest BCUT2D eigenvalue weighted by atomic mass is 10.1.